The average Bonchev–Trinajstić information content (AvgIpc) is 2.78. The van der Waals surface area contributed by atoms with Crippen molar-refractivity contribution in [2.24, 2.45) is 0 Å². The molecule has 3 heteroatoms. The number of aliphatic hydroxyl groups excluding tert-OH is 1. The maximum atomic E-state index is 9.48. The number of aliphatic hydroxyl groups is 1. The molecular formula is C16H25NO2. The average molecular weight is 263 g/mol. The summed E-state index contributed by atoms with van der Waals surface area (Å²) in [5.74, 6) is 0.864. The Bertz CT molecular complexity index is 417. The molecule has 3 atom stereocenters. The molecule has 19 heavy (non-hydrogen) atoms. The van der Waals surface area contributed by atoms with E-state index in [0.717, 1.165) is 18.7 Å². The van der Waals surface area contributed by atoms with Gasteiger partial charge in [-0.25, -0.2) is 0 Å². The third-order valence-electron chi connectivity index (χ3n) is 3.83. The highest BCUT2D eigenvalue weighted by atomic mass is 16.5. The second-order valence-electron chi connectivity index (χ2n) is 5.47. The minimum absolute atomic E-state index is 0.173. The summed E-state index contributed by atoms with van der Waals surface area (Å²) < 4.78 is 5.75. The van der Waals surface area contributed by atoms with Gasteiger partial charge in [-0.05, 0) is 62.9 Å². The molecule has 0 heterocycles. The first-order valence-electron chi connectivity index (χ1n) is 7.32. The number of hydrogen-bond acceptors (Lipinski definition) is 3. The summed E-state index contributed by atoms with van der Waals surface area (Å²) in [4.78, 5) is 0. The van der Waals surface area contributed by atoms with Crippen molar-refractivity contribution in [1.29, 1.82) is 0 Å². The molecule has 1 aliphatic carbocycles. The van der Waals surface area contributed by atoms with E-state index < -0.39 is 6.10 Å². The molecule has 1 aliphatic rings. The van der Waals surface area contributed by atoms with Gasteiger partial charge in [0.05, 0.1) is 6.10 Å². The zero-order chi connectivity index (χ0) is 13.8. The summed E-state index contributed by atoms with van der Waals surface area (Å²) in [5.41, 5.74) is 2.79. The molecule has 0 saturated heterocycles. The molecule has 0 spiro atoms. The Labute approximate surface area is 116 Å². The van der Waals surface area contributed by atoms with Crippen molar-refractivity contribution in [2.75, 3.05) is 6.54 Å². The van der Waals surface area contributed by atoms with Gasteiger partial charge in [-0.2, -0.15) is 0 Å². The maximum Gasteiger partial charge on any atom is 0.121 e. The molecule has 0 aromatic heterocycles. The van der Waals surface area contributed by atoms with Crippen LogP contribution in [0.1, 0.15) is 50.8 Å². The third-order valence-corrected chi connectivity index (χ3v) is 3.83. The molecule has 0 aliphatic heterocycles. The van der Waals surface area contributed by atoms with Crippen molar-refractivity contribution in [2.45, 2.75) is 58.3 Å². The quantitative estimate of drug-likeness (QED) is 0.829. The molecule has 1 aromatic rings. The summed E-state index contributed by atoms with van der Waals surface area (Å²) in [5, 5.41) is 13.1. The van der Waals surface area contributed by atoms with Gasteiger partial charge in [0, 0.05) is 6.04 Å². The number of ether oxygens (including phenoxy) is 1. The summed E-state index contributed by atoms with van der Waals surface area (Å²) in [6.07, 6.45) is 2.82. The van der Waals surface area contributed by atoms with Crippen LogP contribution in [-0.4, -0.2) is 23.9 Å². The van der Waals surface area contributed by atoms with E-state index in [4.69, 9.17) is 4.74 Å². The van der Waals surface area contributed by atoms with E-state index >= 15 is 0 Å². The van der Waals surface area contributed by atoms with E-state index in [1.165, 1.54) is 24.0 Å². The van der Waals surface area contributed by atoms with Crippen molar-refractivity contribution >= 4 is 0 Å². The molecule has 0 saturated carbocycles. The lowest BCUT2D eigenvalue weighted by atomic mass is 10.1. The lowest BCUT2D eigenvalue weighted by Gasteiger charge is -2.18. The van der Waals surface area contributed by atoms with Crippen molar-refractivity contribution in [3.8, 4) is 5.75 Å². The lowest BCUT2D eigenvalue weighted by Crippen LogP contribution is -2.25. The summed E-state index contributed by atoms with van der Waals surface area (Å²) >= 11 is 0. The maximum absolute atomic E-state index is 9.48. The monoisotopic (exact) mass is 263 g/mol. The summed E-state index contributed by atoms with van der Waals surface area (Å²) in [7, 11) is 0. The second kappa shape index (κ2) is 6.40. The molecule has 0 radical (unpaired) electrons. The first-order valence-corrected chi connectivity index (χ1v) is 7.32. The van der Waals surface area contributed by atoms with Gasteiger partial charge in [0.15, 0.2) is 0 Å². The van der Waals surface area contributed by atoms with Crippen LogP contribution >= 0.6 is 0 Å². The molecule has 0 amide bonds. The highest BCUT2D eigenvalue weighted by Gasteiger charge is 2.22. The van der Waals surface area contributed by atoms with Gasteiger partial charge in [0.2, 0.25) is 0 Å². The Morgan fingerprint density at radius 3 is 2.89 bits per heavy atom. The van der Waals surface area contributed by atoms with E-state index in [1.54, 1.807) is 6.92 Å². The van der Waals surface area contributed by atoms with E-state index in [1.807, 2.05) is 13.0 Å². The van der Waals surface area contributed by atoms with Crippen LogP contribution in [0.15, 0.2) is 18.2 Å². The van der Waals surface area contributed by atoms with Crippen LogP contribution in [0.3, 0.4) is 0 Å². The molecule has 3 nitrogen and oxygen atoms in total. The van der Waals surface area contributed by atoms with Crippen molar-refractivity contribution < 1.29 is 9.84 Å². The molecular weight excluding hydrogens is 238 g/mol. The SMILES string of the molecule is CCCNC1CCc2cc(OC(C)C(C)O)ccc21. The summed E-state index contributed by atoms with van der Waals surface area (Å²) in [6, 6.07) is 6.81. The van der Waals surface area contributed by atoms with E-state index in [2.05, 4.69) is 24.4 Å². The minimum Gasteiger partial charge on any atom is -0.488 e. The fourth-order valence-corrected chi connectivity index (χ4v) is 2.51. The molecule has 1 aromatic carbocycles. The van der Waals surface area contributed by atoms with Gasteiger partial charge in [-0.15, -0.1) is 0 Å². The van der Waals surface area contributed by atoms with Gasteiger partial charge in [0.1, 0.15) is 11.9 Å². The number of rotatable bonds is 6. The second-order valence-corrected chi connectivity index (χ2v) is 5.47. The molecule has 3 unspecified atom stereocenters. The van der Waals surface area contributed by atoms with Gasteiger partial charge in [0.25, 0.3) is 0 Å². The normalized spacial score (nSPS) is 20.9. The first kappa shape index (κ1) is 14.4. The molecule has 106 valence electrons. The van der Waals surface area contributed by atoms with E-state index in [9.17, 15) is 5.11 Å². The predicted octanol–water partition coefficient (Wildman–Crippen LogP) is 2.82. The Morgan fingerprint density at radius 2 is 2.21 bits per heavy atom. The topological polar surface area (TPSA) is 41.5 Å². The highest BCUT2D eigenvalue weighted by molar-refractivity contribution is 5.40. The largest absolute Gasteiger partial charge is 0.488 e. The Kier molecular flexibility index (Phi) is 4.83. The van der Waals surface area contributed by atoms with Crippen LogP contribution in [0.4, 0.5) is 0 Å². The van der Waals surface area contributed by atoms with Gasteiger partial charge in [-0.1, -0.05) is 13.0 Å². The zero-order valence-electron chi connectivity index (χ0n) is 12.1. The number of aryl methyl sites for hydroxylation is 1. The number of hydrogen-bond donors (Lipinski definition) is 2. The zero-order valence-corrected chi connectivity index (χ0v) is 12.1. The Morgan fingerprint density at radius 1 is 1.42 bits per heavy atom. The Hall–Kier alpha value is -1.06. The Balaban J connectivity index is 2.05. The van der Waals surface area contributed by atoms with Crippen LogP contribution in [0, 0.1) is 0 Å². The number of fused-ring (bicyclic) bond motifs is 1. The van der Waals surface area contributed by atoms with Crippen LogP contribution < -0.4 is 10.1 Å². The smallest absolute Gasteiger partial charge is 0.121 e. The molecule has 0 fully saturated rings. The lowest BCUT2D eigenvalue weighted by molar-refractivity contribution is 0.0604. The van der Waals surface area contributed by atoms with Crippen LogP contribution in [0.25, 0.3) is 0 Å². The van der Waals surface area contributed by atoms with Gasteiger partial charge < -0.3 is 15.2 Å². The molecule has 2 rings (SSSR count). The van der Waals surface area contributed by atoms with Gasteiger partial charge in [-0.3, -0.25) is 0 Å². The molecule has 2 N–H and O–H groups in total. The predicted molar refractivity (Wildman–Crippen MR) is 77.6 cm³/mol. The van der Waals surface area contributed by atoms with Crippen molar-refractivity contribution in [3.05, 3.63) is 29.3 Å². The minimum atomic E-state index is -0.452. The van der Waals surface area contributed by atoms with Crippen LogP contribution in [0.2, 0.25) is 0 Å². The number of nitrogens with one attached hydrogen (secondary N) is 1. The van der Waals surface area contributed by atoms with Crippen LogP contribution in [0.5, 0.6) is 5.75 Å². The number of benzene rings is 1. The first-order chi connectivity index (χ1) is 9.11. The third kappa shape index (κ3) is 3.48. The summed E-state index contributed by atoms with van der Waals surface area (Å²) in [6.45, 7) is 6.91. The standard InChI is InChI=1S/C16H25NO2/c1-4-9-17-16-8-5-13-10-14(6-7-15(13)16)19-12(3)11(2)18/h6-7,10-12,16-18H,4-5,8-9H2,1-3H3. The fraction of sp³-hybridized carbons (Fsp3) is 0.625. The van der Waals surface area contributed by atoms with E-state index in [-0.39, 0.29) is 6.10 Å². The van der Waals surface area contributed by atoms with Crippen molar-refractivity contribution in [3.63, 3.8) is 0 Å². The fourth-order valence-electron chi connectivity index (χ4n) is 2.51. The molecule has 0 bridgehead atoms. The van der Waals surface area contributed by atoms with Gasteiger partial charge >= 0.3 is 0 Å². The van der Waals surface area contributed by atoms with Crippen molar-refractivity contribution in [1.82, 2.24) is 5.32 Å². The van der Waals surface area contributed by atoms with E-state index in [0.29, 0.717) is 6.04 Å². The van der Waals surface area contributed by atoms with Crippen LogP contribution in [-0.2, 0) is 6.42 Å². The highest BCUT2D eigenvalue weighted by Crippen LogP contribution is 2.33.